The molecule has 1 saturated heterocycles. The predicted octanol–water partition coefficient (Wildman–Crippen LogP) is 5.36. The molecule has 3 N–H and O–H groups in total. The summed E-state index contributed by atoms with van der Waals surface area (Å²) in [7, 11) is 0. The van der Waals surface area contributed by atoms with Crippen LogP contribution in [0.2, 0.25) is 0 Å². The van der Waals surface area contributed by atoms with Crippen LogP contribution in [-0.2, 0) is 4.79 Å². The maximum absolute atomic E-state index is 14.2. The van der Waals surface area contributed by atoms with E-state index < -0.39 is 30.6 Å². The van der Waals surface area contributed by atoms with Crippen molar-refractivity contribution in [3.63, 3.8) is 0 Å². The Bertz CT molecular complexity index is 812. The lowest BCUT2D eigenvalue weighted by Crippen LogP contribution is -2.53. The molecule has 9 atom stereocenters. The highest BCUT2D eigenvalue weighted by atomic mass is 35.5. The highest BCUT2D eigenvalue weighted by Crippen LogP contribution is 2.35. The van der Waals surface area contributed by atoms with Gasteiger partial charge in [-0.1, -0.05) is 12.8 Å². The zero-order chi connectivity index (χ0) is 26.7. The molecule has 0 spiro atoms. The van der Waals surface area contributed by atoms with Crippen molar-refractivity contribution < 1.29 is 22.4 Å². The fraction of sp³-hybridized carbons (Fsp3) is 0.917. The zero-order valence-corrected chi connectivity index (χ0v) is 22.9. The van der Waals surface area contributed by atoms with Crippen LogP contribution in [0.25, 0.3) is 0 Å². The first kappa shape index (κ1) is 29.4. The summed E-state index contributed by atoms with van der Waals surface area (Å²) in [5.74, 6) is -0.544. The smallest absolute Gasteiger partial charge is 0.353 e. The van der Waals surface area contributed by atoms with E-state index in [-0.39, 0.29) is 59.2 Å². The van der Waals surface area contributed by atoms with Gasteiger partial charge in [0.2, 0.25) is 5.91 Å². The number of amides is 1. The normalized spacial score (nSPS) is 40.4. The molecule has 0 aromatic heterocycles. The number of nitrogens with zero attached hydrogens (tertiary/aromatic N) is 2. The SMILES string of the molecule is O=C(N/C(=N\C1CC(C(F)(F)F)NN1C1CCCC(Cl)C1)NC1CC(F)CC(Cl)C1)C1CCCC(Cl)C1. The van der Waals surface area contributed by atoms with Crippen LogP contribution in [0.3, 0.4) is 0 Å². The summed E-state index contributed by atoms with van der Waals surface area (Å²) in [5.41, 5.74) is 2.62. The molecule has 1 aliphatic heterocycles. The maximum Gasteiger partial charge on any atom is 0.405 e. The molecule has 0 radical (unpaired) electrons. The van der Waals surface area contributed by atoms with Gasteiger partial charge in [0.05, 0.1) is 0 Å². The van der Waals surface area contributed by atoms with E-state index >= 15 is 0 Å². The molecule has 3 aliphatic carbocycles. The van der Waals surface area contributed by atoms with Crippen molar-refractivity contribution in [1.29, 1.82) is 0 Å². The van der Waals surface area contributed by atoms with Gasteiger partial charge in [0.25, 0.3) is 0 Å². The first-order valence-corrected chi connectivity index (χ1v) is 14.6. The minimum absolute atomic E-state index is 0.0579. The lowest BCUT2D eigenvalue weighted by Gasteiger charge is -2.36. The summed E-state index contributed by atoms with van der Waals surface area (Å²) in [5, 5.41) is 6.88. The average molecular weight is 593 g/mol. The van der Waals surface area contributed by atoms with E-state index in [1.54, 1.807) is 5.01 Å². The second-order valence-corrected chi connectivity index (χ2v) is 12.8. The lowest BCUT2D eigenvalue weighted by atomic mass is 9.88. The van der Waals surface area contributed by atoms with Crippen LogP contribution in [0.1, 0.15) is 77.0 Å². The van der Waals surface area contributed by atoms with E-state index in [4.69, 9.17) is 34.8 Å². The van der Waals surface area contributed by atoms with Crippen LogP contribution in [0, 0.1) is 5.92 Å². The predicted molar refractivity (Wildman–Crippen MR) is 138 cm³/mol. The molecule has 212 valence electrons. The second kappa shape index (κ2) is 12.7. The monoisotopic (exact) mass is 591 g/mol. The third-order valence-corrected chi connectivity index (χ3v) is 9.03. The van der Waals surface area contributed by atoms with Crippen molar-refractivity contribution in [2.45, 2.75) is 130 Å². The molecule has 13 heteroatoms. The van der Waals surface area contributed by atoms with Gasteiger partial charge in [-0.25, -0.2) is 19.8 Å². The topological polar surface area (TPSA) is 68.8 Å². The van der Waals surface area contributed by atoms with E-state index in [0.29, 0.717) is 32.1 Å². The van der Waals surface area contributed by atoms with Gasteiger partial charge in [-0.15, -0.1) is 34.8 Å². The highest BCUT2D eigenvalue weighted by molar-refractivity contribution is 6.21. The molecule has 9 unspecified atom stereocenters. The molecule has 4 rings (SSSR count). The van der Waals surface area contributed by atoms with Gasteiger partial charge in [0, 0.05) is 40.6 Å². The Morgan fingerprint density at radius 1 is 0.892 bits per heavy atom. The number of guanidine groups is 1. The quantitative estimate of drug-likeness (QED) is 0.178. The minimum atomic E-state index is -4.46. The first-order chi connectivity index (χ1) is 17.5. The van der Waals surface area contributed by atoms with Gasteiger partial charge < -0.3 is 5.32 Å². The summed E-state index contributed by atoms with van der Waals surface area (Å²) in [6.07, 6.45) is -0.156. The Morgan fingerprint density at radius 2 is 1.59 bits per heavy atom. The first-order valence-electron chi connectivity index (χ1n) is 13.3. The second-order valence-electron chi connectivity index (χ2n) is 10.9. The molecule has 37 heavy (non-hydrogen) atoms. The number of rotatable bonds is 4. The van der Waals surface area contributed by atoms with Gasteiger partial charge in [-0.2, -0.15) is 13.2 Å². The van der Waals surface area contributed by atoms with Crippen molar-refractivity contribution in [3.8, 4) is 0 Å². The molecular formula is C24H36Cl3F4N5O. The molecule has 1 heterocycles. The van der Waals surface area contributed by atoms with E-state index in [2.05, 4.69) is 21.1 Å². The summed E-state index contributed by atoms with van der Waals surface area (Å²) < 4.78 is 55.4. The van der Waals surface area contributed by atoms with Crippen LogP contribution in [0.15, 0.2) is 4.99 Å². The van der Waals surface area contributed by atoms with Crippen LogP contribution >= 0.6 is 34.8 Å². The summed E-state index contributed by atoms with van der Waals surface area (Å²) in [6, 6.07) is -2.39. The number of carbonyl (C=O) groups excluding carboxylic acids is 1. The summed E-state index contributed by atoms with van der Waals surface area (Å²) >= 11 is 18.9. The highest BCUT2D eigenvalue weighted by Gasteiger charge is 2.49. The van der Waals surface area contributed by atoms with Crippen molar-refractivity contribution in [2.24, 2.45) is 10.9 Å². The Balaban J connectivity index is 1.57. The number of aliphatic imine (C=N–C) groups is 1. The lowest BCUT2D eigenvalue weighted by molar-refractivity contribution is -0.158. The Hall–Kier alpha value is -0.550. The Morgan fingerprint density at radius 3 is 2.24 bits per heavy atom. The van der Waals surface area contributed by atoms with Crippen molar-refractivity contribution in [2.75, 3.05) is 0 Å². The standard InChI is InChI=1S/C24H36Cl3F4N5O/c25-14-4-1-3-13(7-14)22(37)34-23(32-18-9-16(27)8-17(28)11-18)33-21-12-20(24(29,30)31)35-36(21)19-6-2-5-15(26)10-19/h13-21,35H,1-12H2,(H2,32,33,34,37). The molecule has 0 aromatic rings. The van der Waals surface area contributed by atoms with E-state index in [1.807, 2.05) is 0 Å². The fourth-order valence-corrected chi connectivity index (χ4v) is 7.15. The third kappa shape index (κ3) is 8.22. The Kier molecular flexibility index (Phi) is 10.1. The van der Waals surface area contributed by atoms with Gasteiger partial charge in [0.1, 0.15) is 18.4 Å². The summed E-state index contributed by atoms with van der Waals surface area (Å²) in [6.45, 7) is 0. The fourth-order valence-electron chi connectivity index (χ4n) is 6.01. The Labute approximate surface area is 230 Å². The number of halogens is 7. The molecule has 0 aromatic carbocycles. The van der Waals surface area contributed by atoms with Crippen molar-refractivity contribution >= 4 is 46.7 Å². The van der Waals surface area contributed by atoms with Crippen LogP contribution in [0.4, 0.5) is 17.6 Å². The molecule has 4 fully saturated rings. The maximum atomic E-state index is 14.2. The molecular weight excluding hydrogens is 557 g/mol. The molecule has 3 saturated carbocycles. The van der Waals surface area contributed by atoms with Crippen LogP contribution < -0.4 is 16.1 Å². The number of hydrogen-bond donors (Lipinski definition) is 3. The van der Waals surface area contributed by atoms with Gasteiger partial charge in [0.15, 0.2) is 5.96 Å². The number of carbonyl (C=O) groups is 1. The van der Waals surface area contributed by atoms with Crippen LogP contribution in [0.5, 0.6) is 0 Å². The van der Waals surface area contributed by atoms with Gasteiger partial charge in [-0.3, -0.25) is 10.1 Å². The third-order valence-electron chi connectivity index (χ3n) is 7.88. The number of alkyl halides is 7. The minimum Gasteiger partial charge on any atom is -0.353 e. The molecule has 4 aliphatic rings. The van der Waals surface area contributed by atoms with Crippen molar-refractivity contribution in [1.82, 2.24) is 21.1 Å². The summed E-state index contributed by atoms with van der Waals surface area (Å²) in [4.78, 5) is 17.7. The van der Waals surface area contributed by atoms with Crippen molar-refractivity contribution in [3.05, 3.63) is 0 Å². The molecule has 0 bridgehead atoms. The number of hydrogen-bond acceptors (Lipinski definition) is 4. The number of hydrazine groups is 1. The zero-order valence-electron chi connectivity index (χ0n) is 20.6. The van der Waals surface area contributed by atoms with Crippen LogP contribution in [-0.4, -0.2) is 69.6 Å². The molecule has 1 amide bonds. The van der Waals surface area contributed by atoms with Gasteiger partial charge >= 0.3 is 6.18 Å². The van der Waals surface area contributed by atoms with E-state index in [1.165, 1.54) is 0 Å². The van der Waals surface area contributed by atoms with Gasteiger partial charge in [-0.05, 0) is 57.8 Å². The molecule has 6 nitrogen and oxygen atoms in total. The average Bonchev–Trinajstić information content (AvgIpc) is 3.23. The van der Waals surface area contributed by atoms with E-state index in [9.17, 15) is 22.4 Å². The largest absolute Gasteiger partial charge is 0.405 e. The van der Waals surface area contributed by atoms with E-state index in [0.717, 1.165) is 25.7 Å². The number of nitrogens with one attached hydrogen (secondary N) is 3.